The van der Waals surface area contributed by atoms with E-state index in [0.29, 0.717) is 66.0 Å². The summed E-state index contributed by atoms with van der Waals surface area (Å²) in [4.78, 5) is 16.2. The SMILES string of the molecule is O=C1c2ccccc2-c2onc3c(N4CCC5(CC4)OCCO5)cc(Nc4ccc5c(c4)OCCO5)c1c23. The zero-order valence-electron chi connectivity index (χ0n) is 20.6. The van der Waals surface area contributed by atoms with Crippen molar-refractivity contribution < 1.29 is 28.3 Å². The fourth-order valence-corrected chi connectivity index (χ4v) is 6.03. The molecule has 0 bridgehead atoms. The Hall–Kier alpha value is -4.08. The maximum atomic E-state index is 13.9. The van der Waals surface area contributed by atoms with Gasteiger partial charge in [-0.2, -0.15) is 0 Å². The van der Waals surface area contributed by atoms with Gasteiger partial charge in [0.2, 0.25) is 0 Å². The summed E-state index contributed by atoms with van der Waals surface area (Å²) >= 11 is 0. The van der Waals surface area contributed by atoms with Crippen molar-refractivity contribution in [3.05, 3.63) is 59.7 Å². The number of carbonyl (C=O) groups is 1. The quantitative estimate of drug-likeness (QED) is 0.363. The van der Waals surface area contributed by atoms with Crippen LogP contribution in [-0.4, -0.2) is 56.2 Å². The maximum absolute atomic E-state index is 13.9. The molecule has 1 aromatic heterocycles. The lowest BCUT2D eigenvalue weighted by molar-refractivity contribution is -0.169. The van der Waals surface area contributed by atoms with Crippen LogP contribution in [0.25, 0.3) is 22.2 Å². The van der Waals surface area contributed by atoms with Gasteiger partial charge in [0.15, 0.2) is 28.8 Å². The molecule has 0 unspecified atom stereocenters. The van der Waals surface area contributed by atoms with Gasteiger partial charge in [-0.05, 0) is 18.2 Å². The lowest BCUT2D eigenvalue weighted by Crippen LogP contribution is -2.45. The Morgan fingerprint density at radius 1 is 0.868 bits per heavy atom. The van der Waals surface area contributed by atoms with Crippen LogP contribution < -0.4 is 19.7 Å². The Balaban J connectivity index is 1.27. The highest BCUT2D eigenvalue weighted by Crippen LogP contribution is 2.47. The number of rotatable bonds is 3. The van der Waals surface area contributed by atoms with E-state index in [9.17, 15) is 4.79 Å². The van der Waals surface area contributed by atoms with Gasteiger partial charge < -0.3 is 33.7 Å². The van der Waals surface area contributed by atoms with Gasteiger partial charge in [0.05, 0.1) is 35.5 Å². The van der Waals surface area contributed by atoms with Crippen LogP contribution >= 0.6 is 0 Å². The third-order valence-corrected chi connectivity index (χ3v) is 7.88. The van der Waals surface area contributed by atoms with Crippen LogP contribution in [0.15, 0.2) is 53.1 Å². The van der Waals surface area contributed by atoms with Crippen molar-refractivity contribution >= 4 is 33.7 Å². The summed E-state index contributed by atoms with van der Waals surface area (Å²) < 4.78 is 29.3. The van der Waals surface area contributed by atoms with Gasteiger partial charge in [-0.1, -0.05) is 29.4 Å². The Kier molecular flexibility index (Phi) is 4.74. The number of hydrogen-bond acceptors (Lipinski definition) is 9. The monoisotopic (exact) mass is 511 g/mol. The van der Waals surface area contributed by atoms with Gasteiger partial charge in [-0.3, -0.25) is 4.79 Å². The number of ketones is 1. The molecule has 0 saturated carbocycles. The highest BCUT2D eigenvalue weighted by Gasteiger charge is 2.41. The Morgan fingerprint density at radius 3 is 2.45 bits per heavy atom. The number of nitrogens with zero attached hydrogens (tertiary/aromatic N) is 2. The van der Waals surface area contributed by atoms with Crippen molar-refractivity contribution in [1.82, 2.24) is 5.16 Å². The summed E-state index contributed by atoms with van der Waals surface area (Å²) in [6.07, 6.45) is 1.52. The molecule has 9 nitrogen and oxygen atoms in total. The van der Waals surface area contributed by atoms with Gasteiger partial charge in [0, 0.05) is 48.8 Å². The molecular formula is C29H25N3O6. The first-order valence-corrected chi connectivity index (χ1v) is 13.0. The molecule has 3 aromatic carbocycles. The van der Waals surface area contributed by atoms with Crippen molar-refractivity contribution in [2.75, 3.05) is 49.7 Å². The van der Waals surface area contributed by atoms with Crippen LogP contribution in [0.1, 0.15) is 28.8 Å². The van der Waals surface area contributed by atoms with Gasteiger partial charge in [0.25, 0.3) is 0 Å². The van der Waals surface area contributed by atoms with E-state index in [4.69, 9.17) is 23.5 Å². The molecule has 3 aliphatic heterocycles. The first-order valence-electron chi connectivity index (χ1n) is 13.0. The normalized spacial score (nSPS) is 19.2. The second-order valence-electron chi connectivity index (χ2n) is 10.0. The Labute approximate surface area is 218 Å². The first kappa shape index (κ1) is 22.0. The van der Waals surface area contributed by atoms with Gasteiger partial charge in [0.1, 0.15) is 18.7 Å². The zero-order valence-corrected chi connectivity index (χ0v) is 20.6. The zero-order chi connectivity index (χ0) is 25.3. The second kappa shape index (κ2) is 8.21. The van der Waals surface area contributed by atoms with Crippen LogP contribution in [-0.2, 0) is 9.47 Å². The van der Waals surface area contributed by atoms with E-state index in [2.05, 4.69) is 15.4 Å². The first-order chi connectivity index (χ1) is 18.7. The van der Waals surface area contributed by atoms with Crippen molar-refractivity contribution in [1.29, 1.82) is 0 Å². The predicted octanol–water partition coefficient (Wildman–Crippen LogP) is 4.90. The third kappa shape index (κ3) is 3.25. The molecule has 0 radical (unpaired) electrons. The molecule has 2 saturated heterocycles. The topological polar surface area (TPSA) is 95.3 Å². The summed E-state index contributed by atoms with van der Waals surface area (Å²) in [5.41, 5.74) is 5.03. The standard InChI is InChI=1S/C29H25N3O6/c33-27-18-3-1-2-4-19(18)28-25-24(27)20(30-17-5-6-22-23(15-17)35-12-11-34-22)16-21(26(25)31-38-28)32-9-7-29(8-10-32)36-13-14-37-29/h1-6,15-16,30H,7-14H2. The largest absolute Gasteiger partial charge is 0.486 e. The summed E-state index contributed by atoms with van der Waals surface area (Å²) in [6, 6.07) is 15.3. The van der Waals surface area contributed by atoms with Crippen LogP contribution in [0.2, 0.25) is 0 Å². The van der Waals surface area contributed by atoms with Crippen LogP contribution in [0.5, 0.6) is 11.5 Å². The molecule has 4 heterocycles. The summed E-state index contributed by atoms with van der Waals surface area (Å²) in [6.45, 7) is 3.78. The molecule has 38 heavy (non-hydrogen) atoms. The van der Waals surface area contributed by atoms with E-state index in [1.165, 1.54) is 0 Å². The maximum Gasteiger partial charge on any atom is 0.196 e. The second-order valence-corrected chi connectivity index (χ2v) is 10.0. The lowest BCUT2D eigenvalue weighted by atomic mass is 9.86. The number of aromatic nitrogens is 1. The molecule has 0 amide bonds. The number of ether oxygens (including phenoxy) is 4. The summed E-state index contributed by atoms with van der Waals surface area (Å²) in [7, 11) is 0. The minimum Gasteiger partial charge on any atom is -0.486 e. The van der Waals surface area contributed by atoms with Crippen molar-refractivity contribution in [3.63, 3.8) is 0 Å². The van der Waals surface area contributed by atoms with E-state index >= 15 is 0 Å². The molecular weight excluding hydrogens is 486 g/mol. The van der Waals surface area contributed by atoms with Gasteiger partial charge >= 0.3 is 0 Å². The minimum atomic E-state index is -0.489. The summed E-state index contributed by atoms with van der Waals surface area (Å²) in [5.74, 6) is 1.46. The molecule has 1 aliphatic carbocycles. The molecule has 9 heteroatoms. The number of carbonyl (C=O) groups excluding carboxylic acids is 1. The molecule has 1 spiro atoms. The molecule has 8 rings (SSSR count). The molecule has 192 valence electrons. The average Bonchev–Trinajstić information content (AvgIpc) is 3.60. The highest BCUT2D eigenvalue weighted by molar-refractivity contribution is 6.28. The number of hydrogen-bond donors (Lipinski definition) is 1. The molecule has 0 atom stereocenters. The van der Waals surface area contributed by atoms with E-state index in [0.717, 1.165) is 48.3 Å². The number of piperidine rings is 1. The molecule has 2 fully saturated rings. The van der Waals surface area contributed by atoms with E-state index in [1.807, 2.05) is 48.5 Å². The van der Waals surface area contributed by atoms with Gasteiger partial charge in [-0.25, -0.2) is 0 Å². The smallest absolute Gasteiger partial charge is 0.196 e. The lowest BCUT2D eigenvalue weighted by Gasteiger charge is -2.39. The van der Waals surface area contributed by atoms with E-state index < -0.39 is 5.79 Å². The van der Waals surface area contributed by atoms with Crippen molar-refractivity contribution in [2.45, 2.75) is 18.6 Å². The van der Waals surface area contributed by atoms with E-state index in [1.54, 1.807) is 0 Å². The Morgan fingerprint density at radius 2 is 1.63 bits per heavy atom. The van der Waals surface area contributed by atoms with Crippen LogP contribution in [0.4, 0.5) is 17.1 Å². The molecule has 4 aromatic rings. The van der Waals surface area contributed by atoms with Crippen molar-refractivity contribution in [3.8, 4) is 22.8 Å². The highest BCUT2D eigenvalue weighted by atomic mass is 16.7. The summed E-state index contributed by atoms with van der Waals surface area (Å²) in [5, 5.41) is 8.74. The fraction of sp³-hybridized carbons (Fsp3) is 0.310. The third-order valence-electron chi connectivity index (χ3n) is 7.88. The number of nitrogens with one attached hydrogen (secondary N) is 1. The number of fused-ring (bicyclic) bond motifs is 3. The minimum absolute atomic E-state index is 0.0572. The fourth-order valence-electron chi connectivity index (χ4n) is 6.03. The van der Waals surface area contributed by atoms with Crippen LogP contribution in [0.3, 0.4) is 0 Å². The van der Waals surface area contributed by atoms with E-state index in [-0.39, 0.29) is 5.78 Å². The Bertz CT molecular complexity index is 1600. The average molecular weight is 512 g/mol. The predicted molar refractivity (Wildman–Crippen MR) is 140 cm³/mol. The van der Waals surface area contributed by atoms with Crippen molar-refractivity contribution in [2.24, 2.45) is 0 Å². The number of anilines is 3. The molecule has 1 N–H and O–H groups in total. The molecule has 4 aliphatic rings. The van der Waals surface area contributed by atoms with Crippen LogP contribution in [0, 0.1) is 0 Å². The van der Waals surface area contributed by atoms with Gasteiger partial charge in [-0.15, -0.1) is 0 Å². The number of benzene rings is 3.